The van der Waals surface area contributed by atoms with Gasteiger partial charge < -0.3 is 14.3 Å². The Morgan fingerprint density at radius 3 is 2.52 bits per heavy atom. The molecule has 114 valence electrons. The van der Waals surface area contributed by atoms with Crippen molar-refractivity contribution in [3.63, 3.8) is 0 Å². The van der Waals surface area contributed by atoms with Crippen LogP contribution in [0.5, 0.6) is 5.75 Å². The van der Waals surface area contributed by atoms with Gasteiger partial charge in [0.05, 0.1) is 5.60 Å². The van der Waals surface area contributed by atoms with Crippen LogP contribution in [0.25, 0.3) is 11.5 Å². The van der Waals surface area contributed by atoms with Gasteiger partial charge in [0, 0.05) is 11.3 Å². The summed E-state index contributed by atoms with van der Waals surface area (Å²) in [4.78, 5) is 0. The molecule has 2 aromatic rings. The van der Waals surface area contributed by atoms with E-state index in [9.17, 15) is 13.9 Å². The van der Waals surface area contributed by atoms with E-state index < -0.39 is 12.2 Å². The van der Waals surface area contributed by atoms with Crippen molar-refractivity contribution in [3.8, 4) is 17.2 Å². The summed E-state index contributed by atoms with van der Waals surface area (Å²) in [7, 11) is 0. The minimum atomic E-state index is -2.86. The number of aromatic nitrogens is 2. The zero-order valence-electron chi connectivity index (χ0n) is 11.4. The molecule has 1 N–H and O–H groups in total. The molecule has 1 heterocycles. The van der Waals surface area contributed by atoms with Gasteiger partial charge in [-0.25, -0.2) is 0 Å². The van der Waals surface area contributed by atoms with Gasteiger partial charge in [-0.1, -0.05) is 11.8 Å². The molecule has 0 radical (unpaired) electrons. The summed E-state index contributed by atoms with van der Waals surface area (Å²) in [5.41, 5.74) is -0.243. The highest BCUT2D eigenvalue weighted by atomic mass is 32.2. The monoisotopic (exact) mass is 316 g/mol. The van der Waals surface area contributed by atoms with Gasteiger partial charge in [-0.2, -0.15) is 8.78 Å². The van der Waals surface area contributed by atoms with E-state index >= 15 is 0 Å². The molecule has 0 aliphatic rings. The molecular formula is C13H14F2N2O3S. The second-order valence-electron chi connectivity index (χ2n) is 4.88. The maximum absolute atomic E-state index is 12.0. The molecular weight excluding hydrogens is 302 g/mol. The van der Waals surface area contributed by atoms with E-state index in [-0.39, 0.29) is 11.6 Å². The van der Waals surface area contributed by atoms with Gasteiger partial charge in [0.1, 0.15) is 5.75 Å². The van der Waals surface area contributed by atoms with Crippen LogP contribution in [-0.2, 0) is 0 Å². The topological polar surface area (TPSA) is 68.4 Å². The van der Waals surface area contributed by atoms with Gasteiger partial charge >= 0.3 is 6.61 Å². The van der Waals surface area contributed by atoms with E-state index in [2.05, 4.69) is 14.9 Å². The van der Waals surface area contributed by atoms with Crippen molar-refractivity contribution in [2.24, 2.45) is 0 Å². The maximum atomic E-state index is 12.0. The van der Waals surface area contributed by atoms with Crippen LogP contribution in [0, 0.1) is 0 Å². The molecule has 0 saturated heterocycles. The highest BCUT2D eigenvalue weighted by Gasteiger charge is 2.16. The minimum Gasteiger partial charge on any atom is -0.435 e. The first-order valence-corrected chi connectivity index (χ1v) is 7.06. The Kier molecular flexibility index (Phi) is 4.79. The number of alkyl halides is 2. The predicted octanol–water partition coefficient (Wildman–Crippen LogP) is 3.20. The summed E-state index contributed by atoms with van der Waals surface area (Å²) < 4.78 is 33.8. The Balaban J connectivity index is 2.03. The number of halogens is 2. The van der Waals surface area contributed by atoms with Crippen LogP contribution >= 0.6 is 11.8 Å². The van der Waals surface area contributed by atoms with E-state index in [4.69, 9.17) is 4.42 Å². The Hall–Kier alpha value is -1.67. The molecule has 0 bridgehead atoms. The van der Waals surface area contributed by atoms with Crippen molar-refractivity contribution in [2.75, 3.05) is 5.75 Å². The number of aliphatic hydroxyl groups is 1. The van der Waals surface area contributed by atoms with Gasteiger partial charge in [0.2, 0.25) is 5.89 Å². The van der Waals surface area contributed by atoms with Gasteiger partial charge in [-0.15, -0.1) is 10.2 Å². The van der Waals surface area contributed by atoms with Crippen LogP contribution in [0.1, 0.15) is 13.8 Å². The van der Waals surface area contributed by atoms with Gasteiger partial charge in [0.25, 0.3) is 5.22 Å². The molecule has 0 aliphatic heterocycles. The van der Waals surface area contributed by atoms with Crippen molar-refractivity contribution < 1.29 is 23.0 Å². The molecule has 0 saturated carbocycles. The largest absolute Gasteiger partial charge is 0.435 e. The van der Waals surface area contributed by atoms with Crippen molar-refractivity contribution in [1.29, 1.82) is 0 Å². The lowest BCUT2D eigenvalue weighted by molar-refractivity contribution is -0.0498. The van der Waals surface area contributed by atoms with E-state index in [1.165, 1.54) is 23.9 Å². The Labute approximate surface area is 124 Å². The van der Waals surface area contributed by atoms with Gasteiger partial charge in [-0.05, 0) is 38.1 Å². The summed E-state index contributed by atoms with van der Waals surface area (Å²) in [5.74, 6) is 0.747. The summed E-state index contributed by atoms with van der Waals surface area (Å²) in [6.07, 6.45) is 0. The minimum absolute atomic E-state index is 0.0601. The summed E-state index contributed by atoms with van der Waals surface area (Å²) in [6.45, 7) is 0.502. The Bertz CT molecular complexity index is 582. The van der Waals surface area contributed by atoms with E-state index in [1.807, 2.05) is 0 Å². The normalized spacial score (nSPS) is 11.9. The van der Waals surface area contributed by atoms with Crippen molar-refractivity contribution >= 4 is 11.8 Å². The standard InChI is InChI=1S/C13H14F2N2O3S/c1-13(2,18)7-21-12-17-16-10(20-12)8-3-5-9(6-4-8)19-11(14)15/h3-6,11,18H,7H2,1-2H3. The molecule has 0 unspecified atom stereocenters. The predicted molar refractivity (Wildman–Crippen MR) is 73.4 cm³/mol. The van der Waals surface area contributed by atoms with Crippen molar-refractivity contribution in [3.05, 3.63) is 24.3 Å². The molecule has 0 fully saturated rings. The molecule has 1 aromatic heterocycles. The first kappa shape index (κ1) is 15.7. The number of thioether (sulfide) groups is 1. The van der Waals surface area contributed by atoms with Crippen LogP contribution in [0.15, 0.2) is 33.9 Å². The first-order valence-electron chi connectivity index (χ1n) is 6.07. The highest BCUT2D eigenvalue weighted by Crippen LogP contribution is 2.26. The highest BCUT2D eigenvalue weighted by molar-refractivity contribution is 7.99. The van der Waals surface area contributed by atoms with Gasteiger partial charge in [0.15, 0.2) is 0 Å². The quantitative estimate of drug-likeness (QED) is 0.825. The summed E-state index contributed by atoms with van der Waals surface area (Å²) >= 11 is 1.24. The van der Waals surface area contributed by atoms with E-state index in [1.54, 1.807) is 26.0 Å². The van der Waals surface area contributed by atoms with Gasteiger partial charge in [-0.3, -0.25) is 0 Å². The molecule has 5 nitrogen and oxygen atoms in total. The number of benzene rings is 1. The lowest BCUT2D eigenvalue weighted by Gasteiger charge is -2.13. The Morgan fingerprint density at radius 1 is 1.29 bits per heavy atom. The van der Waals surface area contributed by atoms with Crippen molar-refractivity contribution in [1.82, 2.24) is 10.2 Å². The van der Waals surface area contributed by atoms with Crippen LogP contribution < -0.4 is 4.74 Å². The second kappa shape index (κ2) is 6.40. The molecule has 0 atom stereocenters. The summed E-state index contributed by atoms with van der Waals surface area (Å²) in [5, 5.41) is 17.7. The average Bonchev–Trinajstić information content (AvgIpc) is 2.84. The first-order chi connectivity index (χ1) is 9.83. The van der Waals surface area contributed by atoms with Crippen LogP contribution in [0.2, 0.25) is 0 Å². The number of rotatable bonds is 6. The van der Waals surface area contributed by atoms with Crippen LogP contribution in [-0.4, -0.2) is 33.3 Å². The van der Waals surface area contributed by atoms with Crippen LogP contribution in [0.4, 0.5) is 8.78 Å². The fourth-order valence-corrected chi connectivity index (χ4v) is 2.12. The molecule has 8 heteroatoms. The number of hydrogen-bond donors (Lipinski definition) is 1. The number of nitrogens with zero attached hydrogens (tertiary/aromatic N) is 2. The fourth-order valence-electron chi connectivity index (χ4n) is 1.40. The third-order valence-electron chi connectivity index (χ3n) is 2.28. The lowest BCUT2D eigenvalue weighted by Crippen LogP contribution is -2.21. The number of hydrogen-bond acceptors (Lipinski definition) is 6. The maximum Gasteiger partial charge on any atom is 0.387 e. The Morgan fingerprint density at radius 2 is 1.95 bits per heavy atom. The fraction of sp³-hybridized carbons (Fsp3) is 0.385. The zero-order valence-corrected chi connectivity index (χ0v) is 12.2. The molecule has 0 amide bonds. The van der Waals surface area contributed by atoms with E-state index in [0.717, 1.165) is 0 Å². The second-order valence-corrected chi connectivity index (χ2v) is 5.80. The summed E-state index contributed by atoms with van der Waals surface area (Å²) in [6, 6.07) is 5.90. The third kappa shape index (κ3) is 4.98. The molecule has 1 aromatic carbocycles. The van der Waals surface area contributed by atoms with Crippen molar-refractivity contribution in [2.45, 2.75) is 31.3 Å². The lowest BCUT2D eigenvalue weighted by atomic mass is 10.2. The third-order valence-corrected chi connectivity index (χ3v) is 3.54. The molecule has 2 rings (SSSR count). The number of ether oxygens (including phenoxy) is 1. The molecule has 0 spiro atoms. The zero-order chi connectivity index (χ0) is 15.5. The SMILES string of the molecule is CC(C)(O)CSc1nnc(-c2ccc(OC(F)F)cc2)o1. The van der Waals surface area contributed by atoms with Crippen LogP contribution in [0.3, 0.4) is 0 Å². The smallest absolute Gasteiger partial charge is 0.387 e. The molecule has 21 heavy (non-hydrogen) atoms. The molecule has 0 aliphatic carbocycles. The average molecular weight is 316 g/mol. The van der Waals surface area contributed by atoms with E-state index in [0.29, 0.717) is 16.5 Å².